The highest BCUT2D eigenvalue weighted by Gasteiger charge is 2.72. The van der Waals surface area contributed by atoms with E-state index in [2.05, 4.69) is 0 Å². The molecule has 0 N–H and O–H groups in total. The van der Waals surface area contributed by atoms with Crippen LogP contribution in [0.4, 0.5) is 39.5 Å². The van der Waals surface area contributed by atoms with Gasteiger partial charge in [0.2, 0.25) is 0 Å². The molecule has 0 aliphatic carbocycles. The molecule has 0 saturated carbocycles. The summed E-state index contributed by atoms with van der Waals surface area (Å²) in [7, 11) is 0. The lowest BCUT2D eigenvalue weighted by molar-refractivity contribution is -0.326. The molecular weight excluding hydrogens is 231 g/mol. The van der Waals surface area contributed by atoms with Gasteiger partial charge >= 0.3 is 18.0 Å². The molecule has 0 unspecified atom stereocenters. The van der Waals surface area contributed by atoms with Gasteiger partial charge in [-0.05, 0) is 0 Å². The third kappa shape index (κ3) is 2.32. The van der Waals surface area contributed by atoms with E-state index in [1.54, 1.807) is 0 Å². The molecular formula is C5F9. The summed E-state index contributed by atoms with van der Waals surface area (Å²) in [4.78, 5) is 0. The van der Waals surface area contributed by atoms with Gasteiger partial charge in [-0.15, -0.1) is 0 Å². The molecule has 0 nitrogen and oxygen atoms in total. The van der Waals surface area contributed by atoms with Crippen molar-refractivity contribution >= 4 is 0 Å². The molecule has 0 fully saturated rings. The van der Waals surface area contributed by atoms with E-state index >= 15 is 0 Å². The SMILES string of the molecule is FC(F)=[C]C(F)(C(F)(F)F)C(F)(F)F. The number of alkyl halides is 7. The molecule has 0 aliphatic rings. The molecule has 0 heterocycles. The predicted octanol–water partition coefficient (Wildman–Crippen LogP) is 3.40. The van der Waals surface area contributed by atoms with E-state index in [1.807, 2.05) is 0 Å². The molecule has 0 saturated heterocycles. The second kappa shape index (κ2) is 3.35. The Morgan fingerprint density at radius 2 is 1.00 bits per heavy atom. The van der Waals surface area contributed by atoms with Crippen molar-refractivity contribution in [3.63, 3.8) is 0 Å². The molecule has 0 aromatic rings. The standard InChI is InChI=1S/C5F9/c6-2(7)1-3(8,4(9,10)11)5(12,13)14. The average Bonchev–Trinajstić information content (AvgIpc) is 1.79. The van der Waals surface area contributed by atoms with Crippen LogP contribution >= 0.6 is 0 Å². The summed E-state index contributed by atoms with van der Waals surface area (Å²) >= 11 is 0. The Balaban J connectivity index is 5.41. The van der Waals surface area contributed by atoms with E-state index in [1.165, 1.54) is 0 Å². The topological polar surface area (TPSA) is 0 Å². The van der Waals surface area contributed by atoms with Crippen molar-refractivity contribution in [2.75, 3.05) is 0 Å². The lowest BCUT2D eigenvalue weighted by atomic mass is 10.1. The van der Waals surface area contributed by atoms with E-state index in [9.17, 15) is 39.5 Å². The summed E-state index contributed by atoms with van der Waals surface area (Å²) in [5.41, 5.74) is -6.14. The normalized spacial score (nSPS) is 14.1. The summed E-state index contributed by atoms with van der Waals surface area (Å²) in [6.45, 7) is 0. The minimum absolute atomic E-state index is 0.597. The summed E-state index contributed by atoms with van der Waals surface area (Å²) < 4.78 is 103. The van der Waals surface area contributed by atoms with E-state index in [-0.39, 0.29) is 0 Å². The molecule has 1 radical (unpaired) electrons. The fourth-order valence-corrected chi connectivity index (χ4v) is 0.433. The first-order valence-corrected chi connectivity index (χ1v) is 2.70. The van der Waals surface area contributed by atoms with Crippen LogP contribution in [-0.2, 0) is 0 Å². The summed E-state index contributed by atoms with van der Waals surface area (Å²) in [6.07, 6.45) is -17.2. The lowest BCUT2D eigenvalue weighted by Gasteiger charge is -2.25. The van der Waals surface area contributed by atoms with Crippen LogP contribution in [0, 0.1) is 6.08 Å². The Bertz CT molecular complexity index is 213. The van der Waals surface area contributed by atoms with Gasteiger partial charge in [-0.3, -0.25) is 0 Å². The zero-order valence-corrected chi connectivity index (χ0v) is 5.90. The zero-order valence-electron chi connectivity index (χ0n) is 5.90. The van der Waals surface area contributed by atoms with Crippen molar-refractivity contribution < 1.29 is 39.5 Å². The van der Waals surface area contributed by atoms with Crippen LogP contribution in [0.3, 0.4) is 0 Å². The second-order valence-corrected chi connectivity index (χ2v) is 2.04. The maximum atomic E-state index is 12.2. The number of hydrogen-bond donors (Lipinski definition) is 0. The summed E-state index contributed by atoms with van der Waals surface area (Å²) in [5.74, 6) is 0. The van der Waals surface area contributed by atoms with Gasteiger partial charge in [0.15, 0.2) is 0 Å². The average molecular weight is 231 g/mol. The maximum absolute atomic E-state index is 12.2. The van der Waals surface area contributed by atoms with Crippen molar-refractivity contribution in [3.05, 3.63) is 12.2 Å². The molecule has 83 valence electrons. The van der Waals surface area contributed by atoms with Crippen LogP contribution in [0.15, 0.2) is 6.08 Å². The molecule has 0 amide bonds. The highest BCUT2D eigenvalue weighted by molar-refractivity contribution is 5.05. The molecule has 0 rings (SSSR count). The molecule has 14 heavy (non-hydrogen) atoms. The van der Waals surface area contributed by atoms with E-state index in [4.69, 9.17) is 0 Å². The number of hydrogen-bond acceptors (Lipinski definition) is 0. The van der Waals surface area contributed by atoms with Crippen LogP contribution in [0.2, 0.25) is 0 Å². The fourth-order valence-electron chi connectivity index (χ4n) is 0.433. The van der Waals surface area contributed by atoms with E-state index in [0.29, 0.717) is 0 Å². The Morgan fingerprint density at radius 1 is 0.714 bits per heavy atom. The van der Waals surface area contributed by atoms with Gasteiger partial charge < -0.3 is 0 Å². The van der Waals surface area contributed by atoms with Gasteiger partial charge in [-0.1, -0.05) is 0 Å². The minimum atomic E-state index is -6.53. The van der Waals surface area contributed by atoms with Crippen LogP contribution in [-0.4, -0.2) is 18.0 Å². The van der Waals surface area contributed by atoms with Crippen molar-refractivity contribution in [2.45, 2.75) is 18.0 Å². The second-order valence-electron chi connectivity index (χ2n) is 2.04. The molecule has 0 aromatic heterocycles. The zero-order chi connectivity index (χ0) is 11.8. The van der Waals surface area contributed by atoms with Crippen LogP contribution in [0.25, 0.3) is 0 Å². The first kappa shape index (κ1) is 13.1. The number of allylic oxidation sites excluding steroid dienone is 1. The number of halogens is 9. The monoisotopic (exact) mass is 231 g/mol. The highest BCUT2D eigenvalue weighted by atomic mass is 19.4. The van der Waals surface area contributed by atoms with Crippen LogP contribution in [0.1, 0.15) is 0 Å². The molecule has 0 atom stereocenters. The molecule has 9 heteroatoms. The van der Waals surface area contributed by atoms with Gasteiger partial charge in [0.05, 0.1) is 6.08 Å². The van der Waals surface area contributed by atoms with Crippen molar-refractivity contribution in [1.82, 2.24) is 0 Å². The molecule has 0 spiro atoms. The van der Waals surface area contributed by atoms with Crippen molar-refractivity contribution in [3.8, 4) is 0 Å². The summed E-state index contributed by atoms with van der Waals surface area (Å²) in [5, 5.41) is 0. The van der Waals surface area contributed by atoms with Gasteiger partial charge in [-0.25, -0.2) is 4.39 Å². The first-order chi connectivity index (χ1) is 5.92. The Morgan fingerprint density at radius 3 is 1.07 bits per heavy atom. The van der Waals surface area contributed by atoms with E-state index < -0.39 is 30.2 Å². The Hall–Kier alpha value is -0.890. The lowest BCUT2D eigenvalue weighted by Crippen LogP contribution is -2.52. The minimum Gasteiger partial charge on any atom is -0.218 e. The number of rotatable bonds is 1. The quantitative estimate of drug-likeness (QED) is 0.606. The fraction of sp³-hybridized carbons (Fsp3) is 0.600. The third-order valence-corrected chi connectivity index (χ3v) is 1.05. The Kier molecular flexibility index (Phi) is 3.14. The van der Waals surface area contributed by atoms with Crippen LogP contribution in [0.5, 0.6) is 0 Å². The van der Waals surface area contributed by atoms with Gasteiger partial charge in [0.25, 0.3) is 6.08 Å². The highest BCUT2D eigenvalue weighted by Crippen LogP contribution is 2.47. The first-order valence-electron chi connectivity index (χ1n) is 2.70. The van der Waals surface area contributed by atoms with E-state index in [0.717, 1.165) is 0 Å². The van der Waals surface area contributed by atoms with Crippen LogP contribution < -0.4 is 0 Å². The smallest absolute Gasteiger partial charge is 0.218 e. The summed E-state index contributed by atoms with van der Waals surface area (Å²) in [6, 6.07) is 0. The molecule has 0 aromatic carbocycles. The largest absolute Gasteiger partial charge is 0.436 e. The Labute approximate surface area is 71.0 Å². The molecule has 0 aliphatic heterocycles. The van der Waals surface area contributed by atoms with Gasteiger partial charge in [-0.2, -0.15) is 35.1 Å². The van der Waals surface area contributed by atoms with Gasteiger partial charge in [0, 0.05) is 0 Å². The maximum Gasteiger partial charge on any atom is 0.436 e. The van der Waals surface area contributed by atoms with Crippen molar-refractivity contribution in [2.24, 2.45) is 0 Å². The van der Waals surface area contributed by atoms with Gasteiger partial charge in [0.1, 0.15) is 0 Å². The molecule has 0 bridgehead atoms. The van der Waals surface area contributed by atoms with Crippen molar-refractivity contribution in [1.29, 1.82) is 0 Å². The third-order valence-electron chi connectivity index (χ3n) is 1.05. The predicted molar refractivity (Wildman–Crippen MR) is 24.9 cm³/mol.